The highest BCUT2D eigenvalue weighted by atomic mass is 16.5. The summed E-state index contributed by atoms with van der Waals surface area (Å²) < 4.78 is 4.66. The summed E-state index contributed by atoms with van der Waals surface area (Å²) in [5, 5.41) is 2.03. The van der Waals surface area contributed by atoms with Crippen molar-refractivity contribution in [3.63, 3.8) is 0 Å². The van der Waals surface area contributed by atoms with Crippen molar-refractivity contribution in [2.45, 2.75) is 6.92 Å². The maximum Gasteiger partial charge on any atom is 0.337 e. The van der Waals surface area contributed by atoms with Crippen LogP contribution in [0.15, 0.2) is 30.5 Å². The van der Waals surface area contributed by atoms with Gasteiger partial charge in [-0.15, -0.1) is 0 Å². The largest absolute Gasteiger partial charge is 0.465 e. The number of carbonyl (C=O) groups is 1. The first-order valence-electron chi connectivity index (χ1n) is 4.65. The standard InChI is InChI=1S/C12H11NO2/c1-8-5-11-6-9(12(14)15-2)3-4-10(11)7-13-8/h3-7H,1-2H3. The molecule has 0 spiro atoms. The van der Waals surface area contributed by atoms with E-state index in [1.54, 1.807) is 12.3 Å². The molecule has 0 atom stereocenters. The molecule has 3 nitrogen and oxygen atoms in total. The maximum absolute atomic E-state index is 11.3. The molecule has 0 aliphatic rings. The highest BCUT2D eigenvalue weighted by Crippen LogP contribution is 2.16. The molecule has 0 aliphatic heterocycles. The topological polar surface area (TPSA) is 39.2 Å². The number of esters is 1. The van der Waals surface area contributed by atoms with E-state index >= 15 is 0 Å². The van der Waals surface area contributed by atoms with E-state index in [0.29, 0.717) is 5.56 Å². The number of methoxy groups -OCH3 is 1. The lowest BCUT2D eigenvalue weighted by Gasteiger charge is -2.02. The fourth-order valence-corrected chi connectivity index (χ4v) is 1.50. The van der Waals surface area contributed by atoms with Crippen LogP contribution in [-0.4, -0.2) is 18.1 Å². The number of hydrogen-bond donors (Lipinski definition) is 0. The second kappa shape index (κ2) is 3.69. The minimum Gasteiger partial charge on any atom is -0.465 e. The molecule has 1 aromatic heterocycles. The molecule has 0 amide bonds. The van der Waals surface area contributed by atoms with E-state index in [0.717, 1.165) is 16.5 Å². The third-order valence-electron chi connectivity index (χ3n) is 2.28. The molecule has 0 saturated carbocycles. The Morgan fingerprint density at radius 1 is 1.27 bits per heavy atom. The summed E-state index contributed by atoms with van der Waals surface area (Å²) in [6, 6.07) is 7.37. The lowest BCUT2D eigenvalue weighted by molar-refractivity contribution is 0.0601. The minimum atomic E-state index is -0.314. The van der Waals surface area contributed by atoms with E-state index in [1.165, 1.54) is 7.11 Å². The summed E-state index contributed by atoms with van der Waals surface area (Å²) in [6.45, 7) is 1.92. The highest BCUT2D eigenvalue weighted by molar-refractivity contribution is 5.95. The molecule has 0 aliphatic carbocycles. The minimum absolute atomic E-state index is 0.314. The first kappa shape index (κ1) is 9.65. The summed E-state index contributed by atoms with van der Waals surface area (Å²) in [4.78, 5) is 15.5. The second-order valence-electron chi connectivity index (χ2n) is 3.38. The Balaban J connectivity index is 2.59. The van der Waals surface area contributed by atoms with E-state index in [1.807, 2.05) is 25.1 Å². The van der Waals surface area contributed by atoms with Crippen LogP contribution in [0.1, 0.15) is 16.1 Å². The summed E-state index contributed by atoms with van der Waals surface area (Å²) in [6.07, 6.45) is 1.80. The van der Waals surface area contributed by atoms with Crippen LogP contribution in [0.5, 0.6) is 0 Å². The molecular formula is C12H11NO2. The van der Waals surface area contributed by atoms with Crippen LogP contribution in [0.25, 0.3) is 10.8 Å². The van der Waals surface area contributed by atoms with Gasteiger partial charge in [-0.05, 0) is 30.5 Å². The second-order valence-corrected chi connectivity index (χ2v) is 3.38. The van der Waals surface area contributed by atoms with Crippen molar-refractivity contribution in [2.75, 3.05) is 7.11 Å². The van der Waals surface area contributed by atoms with Gasteiger partial charge in [-0.25, -0.2) is 4.79 Å². The molecule has 0 unspecified atom stereocenters. The van der Waals surface area contributed by atoms with E-state index in [-0.39, 0.29) is 5.97 Å². The van der Waals surface area contributed by atoms with Crippen molar-refractivity contribution in [3.8, 4) is 0 Å². The number of pyridine rings is 1. The summed E-state index contributed by atoms with van der Waals surface area (Å²) in [5.74, 6) is -0.314. The molecule has 0 radical (unpaired) electrons. The van der Waals surface area contributed by atoms with E-state index in [4.69, 9.17) is 0 Å². The molecular weight excluding hydrogens is 190 g/mol. The van der Waals surface area contributed by atoms with Gasteiger partial charge in [-0.3, -0.25) is 4.98 Å². The first-order valence-corrected chi connectivity index (χ1v) is 4.65. The zero-order valence-corrected chi connectivity index (χ0v) is 8.65. The zero-order chi connectivity index (χ0) is 10.8. The summed E-state index contributed by atoms with van der Waals surface area (Å²) >= 11 is 0. The quantitative estimate of drug-likeness (QED) is 0.665. The first-order chi connectivity index (χ1) is 7.20. The number of hydrogen-bond acceptors (Lipinski definition) is 3. The van der Waals surface area contributed by atoms with Gasteiger partial charge in [0.2, 0.25) is 0 Å². The number of nitrogens with zero attached hydrogens (tertiary/aromatic N) is 1. The van der Waals surface area contributed by atoms with E-state index in [2.05, 4.69) is 9.72 Å². The lowest BCUT2D eigenvalue weighted by atomic mass is 10.1. The molecule has 3 heteroatoms. The van der Waals surface area contributed by atoms with Crippen molar-refractivity contribution in [3.05, 3.63) is 41.7 Å². The fraction of sp³-hybridized carbons (Fsp3) is 0.167. The van der Waals surface area contributed by atoms with Crippen molar-refractivity contribution in [1.29, 1.82) is 0 Å². The normalized spacial score (nSPS) is 10.3. The monoisotopic (exact) mass is 201 g/mol. The predicted octanol–water partition coefficient (Wildman–Crippen LogP) is 2.33. The van der Waals surface area contributed by atoms with Gasteiger partial charge < -0.3 is 4.74 Å². The van der Waals surface area contributed by atoms with Crippen LogP contribution in [0.2, 0.25) is 0 Å². The zero-order valence-electron chi connectivity index (χ0n) is 8.65. The number of aromatic nitrogens is 1. The number of benzene rings is 1. The van der Waals surface area contributed by atoms with Crippen LogP contribution in [0.4, 0.5) is 0 Å². The van der Waals surface area contributed by atoms with Crippen LogP contribution < -0.4 is 0 Å². The molecule has 76 valence electrons. The Morgan fingerprint density at radius 2 is 2.07 bits per heavy atom. The Kier molecular flexibility index (Phi) is 2.37. The van der Waals surface area contributed by atoms with Crippen molar-refractivity contribution >= 4 is 16.7 Å². The molecule has 0 bridgehead atoms. The molecule has 0 fully saturated rings. The summed E-state index contributed by atoms with van der Waals surface area (Å²) in [7, 11) is 1.38. The van der Waals surface area contributed by atoms with Crippen molar-refractivity contribution in [1.82, 2.24) is 4.98 Å². The molecule has 2 rings (SSSR count). The molecule has 1 aromatic carbocycles. The van der Waals surface area contributed by atoms with Crippen LogP contribution in [0, 0.1) is 6.92 Å². The fourth-order valence-electron chi connectivity index (χ4n) is 1.50. The number of fused-ring (bicyclic) bond motifs is 1. The van der Waals surface area contributed by atoms with Gasteiger partial charge in [0.05, 0.1) is 12.7 Å². The predicted molar refractivity (Wildman–Crippen MR) is 57.8 cm³/mol. The Hall–Kier alpha value is -1.90. The lowest BCUT2D eigenvalue weighted by Crippen LogP contribution is -2.00. The average molecular weight is 201 g/mol. The van der Waals surface area contributed by atoms with Gasteiger partial charge in [-0.1, -0.05) is 6.07 Å². The van der Waals surface area contributed by atoms with Gasteiger partial charge in [0.15, 0.2) is 0 Å². The van der Waals surface area contributed by atoms with Crippen LogP contribution in [0.3, 0.4) is 0 Å². The molecule has 0 N–H and O–H groups in total. The van der Waals surface area contributed by atoms with Gasteiger partial charge in [0.25, 0.3) is 0 Å². The Labute approximate surface area is 87.7 Å². The summed E-state index contributed by atoms with van der Waals surface area (Å²) in [5.41, 5.74) is 1.50. The van der Waals surface area contributed by atoms with Crippen LogP contribution in [-0.2, 0) is 4.74 Å². The average Bonchev–Trinajstić information content (AvgIpc) is 2.27. The smallest absolute Gasteiger partial charge is 0.337 e. The maximum atomic E-state index is 11.3. The van der Waals surface area contributed by atoms with Gasteiger partial charge >= 0.3 is 5.97 Å². The van der Waals surface area contributed by atoms with Gasteiger partial charge in [0, 0.05) is 17.3 Å². The third kappa shape index (κ3) is 1.81. The van der Waals surface area contributed by atoms with E-state index < -0.39 is 0 Å². The van der Waals surface area contributed by atoms with Gasteiger partial charge in [-0.2, -0.15) is 0 Å². The molecule has 2 aromatic rings. The van der Waals surface area contributed by atoms with Crippen molar-refractivity contribution in [2.24, 2.45) is 0 Å². The Bertz CT molecular complexity index is 520. The molecule has 15 heavy (non-hydrogen) atoms. The number of ether oxygens (including phenoxy) is 1. The van der Waals surface area contributed by atoms with E-state index in [9.17, 15) is 4.79 Å². The third-order valence-corrected chi connectivity index (χ3v) is 2.28. The number of carbonyl (C=O) groups excluding carboxylic acids is 1. The number of aryl methyl sites for hydroxylation is 1. The SMILES string of the molecule is COC(=O)c1ccc2cnc(C)cc2c1. The molecule has 0 saturated heterocycles. The Morgan fingerprint density at radius 3 is 2.80 bits per heavy atom. The van der Waals surface area contributed by atoms with Crippen LogP contribution >= 0.6 is 0 Å². The highest BCUT2D eigenvalue weighted by Gasteiger charge is 2.05. The van der Waals surface area contributed by atoms with Crippen molar-refractivity contribution < 1.29 is 9.53 Å². The molecule has 1 heterocycles. The number of rotatable bonds is 1. The van der Waals surface area contributed by atoms with Gasteiger partial charge in [0.1, 0.15) is 0 Å².